The van der Waals surface area contributed by atoms with Gasteiger partial charge in [0.1, 0.15) is 6.04 Å². The smallest absolute Gasteiger partial charge is 0.242 e. The molecule has 0 bridgehead atoms. The van der Waals surface area contributed by atoms with Crippen molar-refractivity contribution in [1.29, 1.82) is 0 Å². The van der Waals surface area contributed by atoms with E-state index in [2.05, 4.69) is 24.4 Å². The zero-order chi connectivity index (χ0) is 23.7. The highest BCUT2D eigenvalue weighted by Gasteiger charge is 2.29. The summed E-state index contributed by atoms with van der Waals surface area (Å²) in [5.74, 6) is 1.07. The van der Waals surface area contributed by atoms with Gasteiger partial charge in [0.2, 0.25) is 11.8 Å². The third-order valence-corrected chi connectivity index (χ3v) is 6.88. The van der Waals surface area contributed by atoms with E-state index in [1.165, 1.54) is 11.1 Å². The number of nitrogens with one attached hydrogen (secondary N) is 1. The van der Waals surface area contributed by atoms with Crippen LogP contribution in [0, 0.1) is 12.8 Å². The molecule has 0 spiro atoms. The second-order valence-corrected chi connectivity index (χ2v) is 10.0. The van der Waals surface area contributed by atoms with Gasteiger partial charge in [-0.05, 0) is 42.5 Å². The number of carbonyl (C=O) groups is 2. The molecule has 0 aromatic heterocycles. The van der Waals surface area contributed by atoms with Crippen molar-refractivity contribution in [2.75, 3.05) is 12.3 Å². The first-order valence-electron chi connectivity index (χ1n) is 10.9. The van der Waals surface area contributed by atoms with Gasteiger partial charge in [0.25, 0.3) is 0 Å². The number of halogens is 2. The Hall–Kier alpha value is -1.69. The van der Waals surface area contributed by atoms with Crippen LogP contribution in [-0.2, 0) is 21.9 Å². The van der Waals surface area contributed by atoms with Crippen molar-refractivity contribution in [2.24, 2.45) is 5.92 Å². The van der Waals surface area contributed by atoms with Crippen LogP contribution in [0.4, 0.5) is 0 Å². The Balaban J connectivity index is 2.20. The molecule has 2 amide bonds. The average molecular weight is 496 g/mol. The van der Waals surface area contributed by atoms with Gasteiger partial charge < -0.3 is 10.2 Å². The lowest BCUT2D eigenvalue weighted by molar-refractivity contribution is -0.139. The summed E-state index contributed by atoms with van der Waals surface area (Å²) in [5, 5.41) is 3.94. The molecule has 0 radical (unpaired) electrons. The maximum atomic E-state index is 13.3. The first-order chi connectivity index (χ1) is 15.2. The second-order valence-electron chi connectivity index (χ2n) is 8.20. The standard InChI is InChI=1S/C25H32Cl2N2O2S/c1-5-23(25(31)28-13-17(2)3)29(14-20-21(26)11-8-12-22(20)27)24(30)16-32-15-19-10-7-6-9-18(19)4/h6-12,17,23H,5,13-16H2,1-4H3,(H,28,31)/t23-/m0/s1. The normalized spacial score (nSPS) is 12.0. The minimum absolute atomic E-state index is 0.105. The Bertz CT molecular complexity index is 900. The van der Waals surface area contributed by atoms with E-state index in [1.54, 1.807) is 34.9 Å². The lowest BCUT2D eigenvalue weighted by Crippen LogP contribution is -2.50. The highest BCUT2D eigenvalue weighted by Crippen LogP contribution is 2.27. The molecule has 1 atom stereocenters. The van der Waals surface area contributed by atoms with E-state index in [9.17, 15) is 9.59 Å². The summed E-state index contributed by atoms with van der Waals surface area (Å²) in [5.41, 5.74) is 3.06. The quantitative estimate of drug-likeness (QED) is 0.409. The maximum Gasteiger partial charge on any atom is 0.242 e. The number of hydrogen-bond donors (Lipinski definition) is 1. The minimum atomic E-state index is -0.590. The van der Waals surface area contributed by atoms with Crippen LogP contribution in [0.15, 0.2) is 42.5 Å². The number of rotatable bonds is 11. The molecule has 4 nitrogen and oxygen atoms in total. The van der Waals surface area contributed by atoms with E-state index in [4.69, 9.17) is 23.2 Å². The summed E-state index contributed by atoms with van der Waals surface area (Å²) in [6.45, 7) is 8.80. The molecule has 174 valence electrons. The van der Waals surface area contributed by atoms with Crippen LogP contribution in [0.25, 0.3) is 0 Å². The maximum absolute atomic E-state index is 13.3. The van der Waals surface area contributed by atoms with E-state index >= 15 is 0 Å². The van der Waals surface area contributed by atoms with Gasteiger partial charge in [0.15, 0.2) is 0 Å². The second kappa shape index (κ2) is 13.1. The van der Waals surface area contributed by atoms with E-state index in [0.717, 1.165) is 5.75 Å². The van der Waals surface area contributed by atoms with Crippen molar-refractivity contribution in [3.05, 3.63) is 69.2 Å². The van der Waals surface area contributed by atoms with E-state index in [0.29, 0.717) is 34.5 Å². The zero-order valence-electron chi connectivity index (χ0n) is 19.2. The van der Waals surface area contributed by atoms with Crippen molar-refractivity contribution in [3.8, 4) is 0 Å². The SMILES string of the molecule is CC[C@@H](C(=O)NCC(C)C)N(Cc1c(Cl)cccc1Cl)C(=O)CSCc1ccccc1C. The van der Waals surface area contributed by atoms with Gasteiger partial charge >= 0.3 is 0 Å². The predicted molar refractivity (Wildman–Crippen MR) is 136 cm³/mol. The molecule has 0 aliphatic heterocycles. The van der Waals surface area contributed by atoms with Crippen LogP contribution in [0.2, 0.25) is 10.0 Å². The first kappa shape index (κ1) is 26.6. The van der Waals surface area contributed by atoms with Crippen LogP contribution in [0.1, 0.15) is 43.9 Å². The topological polar surface area (TPSA) is 49.4 Å². The predicted octanol–water partition coefficient (Wildman–Crippen LogP) is 6.11. The number of nitrogens with zero attached hydrogens (tertiary/aromatic N) is 1. The van der Waals surface area contributed by atoms with E-state index < -0.39 is 6.04 Å². The van der Waals surface area contributed by atoms with Crippen LogP contribution in [-0.4, -0.2) is 35.1 Å². The Kier molecular flexibility index (Phi) is 10.9. The molecule has 0 saturated carbocycles. The number of amides is 2. The largest absolute Gasteiger partial charge is 0.354 e. The van der Waals surface area contributed by atoms with Crippen LogP contribution >= 0.6 is 35.0 Å². The number of thioether (sulfide) groups is 1. The number of carbonyl (C=O) groups excluding carboxylic acids is 2. The van der Waals surface area contributed by atoms with Crippen molar-refractivity contribution >= 4 is 46.8 Å². The molecular weight excluding hydrogens is 463 g/mol. The molecule has 0 fully saturated rings. The molecule has 2 rings (SSSR count). The molecule has 1 N–H and O–H groups in total. The third-order valence-electron chi connectivity index (χ3n) is 5.20. The molecule has 0 unspecified atom stereocenters. The van der Waals surface area contributed by atoms with Crippen molar-refractivity contribution in [3.63, 3.8) is 0 Å². The summed E-state index contributed by atoms with van der Waals surface area (Å²) in [4.78, 5) is 27.9. The average Bonchev–Trinajstić information content (AvgIpc) is 2.75. The number of hydrogen-bond acceptors (Lipinski definition) is 3. The first-order valence-corrected chi connectivity index (χ1v) is 12.8. The molecule has 2 aromatic rings. The van der Waals surface area contributed by atoms with Crippen LogP contribution < -0.4 is 5.32 Å². The Morgan fingerprint density at radius 2 is 1.72 bits per heavy atom. The van der Waals surface area contributed by atoms with Crippen LogP contribution in [0.5, 0.6) is 0 Å². The highest BCUT2D eigenvalue weighted by molar-refractivity contribution is 7.99. The zero-order valence-corrected chi connectivity index (χ0v) is 21.5. The van der Waals surface area contributed by atoms with Gasteiger partial charge in [-0.25, -0.2) is 0 Å². The molecule has 0 heterocycles. The van der Waals surface area contributed by atoms with Crippen molar-refractivity contribution < 1.29 is 9.59 Å². The summed E-state index contributed by atoms with van der Waals surface area (Å²) < 4.78 is 0. The highest BCUT2D eigenvalue weighted by atomic mass is 35.5. The fourth-order valence-electron chi connectivity index (χ4n) is 3.30. The molecule has 0 aliphatic rings. The Labute approximate surface area is 206 Å². The van der Waals surface area contributed by atoms with Crippen LogP contribution in [0.3, 0.4) is 0 Å². The lowest BCUT2D eigenvalue weighted by Gasteiger charge is -2.31. The summed E-state index contributed by atoms with van der Waals surface area (Å²) in [6, 6.07) is 12.8. The molecular formula is C25H32Cl2N2O2S. The monoisotopic (exact) mass is 494 g/mol. The van der Waals surface area contributed by atoms with E-state index in [-0.39, 0.29) is 24.1 Å². The van der Waals surface area contributed by atoms with Gasteiger partial charge in [0.05, 0.1) is 5.75 Å². The molecule has 7 heteroatoms. The lowest BCUT2D eigenvalue weighted by atomic mass is 10.1. The number of aryl methyl sites for hydroxylation is 1. The summed E-state index contributed by atoms with van der Waals surface area (Å²) in [6.07, 6.45) is 0.500. The van der Waals surface area contributed by atoms with Gasteiger partial charge in [-0.1, -0.05) is 74.3 Å². The third kappa shape index (κ3) is 7.72. The summed E-state index contributed by atoms with van der Waals surface area (Å²) in [7, 11) is 0. The molecule has 32 heavy (non-hydrogen) atoms. The minimum Gasteiger partial charge on any atom is -0.354 e. The molecule has 2 aromatic carbocycles. The van der Waals surface area contributed by atoms with Crippen molar-refractivity contribution in [2.45, 2.75) is 52.5 Å². The van der Waals surface area contributed by atoms with Gasteiger partial charge in [0, 0.05) is 34.5 Å². The summed E-state index contributed by atoms with van der Waals surface area (Å²) >= 11 is 14.3. The molecule has 0 saturated heterocycles. The van der Waals surface area contributed by atoms with E-state index in [1.807, 2.05) is 32.9 Å². The van der Waals surface area contributed by atoms with Crippen molar-refractivity contribution in [1.82, 2.24) is 10.2 Å². The number of benzene rings is 2. The fraction of sp³-hybridized carbons (Fsp3) is 0.440. The van der Waals surface area contributed by atoms with Gasteiger partial charge in [-0.15, -0.1) is 11.8 Å². The molecule has 0 aliphatic carbocycles. The van der Waals surface area contributed by atoms with Gasteiger partial charge in [-0.3, -0.25) is 9.59 Å². The fourth-order valence-corrected chi connectivity index (χ4v) is 4.80. The van der Waals surface area contributed by atoms with Gasteiger partial charge in [-0.2, -0.15) is 0 Å². The Morgan fingerprint density at radius 3 is 2.31 bits per heavy atom. The Morgan fingerprint density at radius 1 is 1.06 bits per heavy atom.